The first-order valence-electron chi connectivity index (χ1n) is 10.6. The summed E-state index contributed by atoms with van der Waals surface area (Å²) in [5, 5.41) is 3.02. The molecule has 1 amide bonds. The molecule has 4 rings (SSSR count). The van der Waals surface area contributed by atoms with Gasteiger partial charge >= 0.3 is 0 Å². The second-order valence-corrected chi connectivity index (χ2v) is 9.92. The van der Waals surface area contributed by atoms with Crippen molar-refractivity contribution < 1.29 is 13.2 Å². The first-order valence-corrected chi connectivity index (χ1v) is 12.0. The maximum Gasteiger partial charge on any atom is 0.251 e. The molecule has 1 aromatic heterocycles. The summed E-state index contributed by atoms with van der Waals surface area (Å²) in [5.74, 6) is 0.386. The Balaban J connectivity index is 1.28. The van der Waals surface area contributed by atoms with Gasteiger partial charge in [-0.3, -0.25) is 9.78 Å². The Hall–Kier alpha value is -2.45. The molecule has 0 unspecified atom stereocenters. The maximum absolute atomic E-state index is 12.7. The van der Waals surface area contributed by atoms with E-state index in [9.17, 15) is 13.2 Å². The molecule has 2 aliphatic rings. The second kappa shape index (κ2) is 9.14. The molecule has 0 aliphatic carbocycles. The van der Waals surface area contributed by atoms with Crippen LogP contribution in [0.3, 0.4) is 0 Å². The number of amides is 1. The number of hydrogen-bond donors (Lipinski definition) is 1. The molecule has 7 nitrogen and oxygen atoms in total. The van der Waals surface area contributed by atoms with E-state index in [0.29, 0.717) is 36.0 Å². The smallest absolute Gasteiger partial charge is 0.251 e. The van der Waals surface area contributed by atoms with Gasteiger partial charge in [0, 0.05) is 56.4 Å². The Labute approximate surface area is 178 Å². The number of piperidine rings is 1. The Morgan fingerprint density at radius 1 is 0.967 bits per heavy atom. The quantitative estimate of drug-likeness (QED) is 0.765. The SMILES string of the molecule is O=C(NCC1CCN(c2ccc(S(=O)(=O)N3CCCC3)cc2)CC1)c1ccncc1. The van der Waals surface area contributed by atoms with Gasteiger partial charge in [0.05, 0.1) is 4.90 Å². The van der Waals surface area contributed by atoms with Crippen LogP contribution in [-0.4, -0.2) is 56.3 Å². The highest BCUT2D eigenvalue weighted by atomic mass is 32.2. The number of anilines is 1. The van der Waals surface area contributed by atoms with Crippen LogP contribution in [0.15, 0.2) is 53.7 Å². The third-order valence-electron chi connectivity index (χ3n) is 6.01. The number of hydrogen-bond acceptors (Lipinski definition) is 5. The van der Waals surface area contributed by atoms with Crippen LogP contribution in [0.1, 0.15) is 36.0 Å². The molecule has 0 bridgehead atoms. The lowest BCUT2D eigenvalue weighted by Gasteiger charge is -2.33. The van der Waals surface area contributed by atoms with Crippen molar-refractivity contribution in [1.82, 2.24) is 14.6 Å². The molecule has 160 valence electrons. The van der Waals surface area contributed by atoms with Crippen molar-refractivity contribution in [1.29, 1.82) is 0 Å². The van der Waals surface area contributed by atoms with E-state index in [-0.39, 0.29) is 5.91 Å². The molecule has 3 heterocycles. The standard InChI is InChI=1S/C22H28N4O3S/c27-22(19-7-11-23-12-8-19)24-17-18-9-15-25(16-10-18)20-3-5-21(6-4-20)30(28,29)26-13-1-2-14-26/h3-8,11-12,18H,1-2,9-10,13-17H2,(H,24,27). The van der Waals surface area contributed by atoms with Crippen LogP contribution in [0.2, 0.25) is 0 Å². The molecule has 0 spiro atoms. The van der Waals surface area contributed by atoms with Gasteiger partial charge in [0.2, 0.25) is 10.0 Å². The number of carbonyl (C=O) groups is 1. The Kier molecular flexibility index (Phi) is 6.34. The van der Waals surface area contributed by atoms with Gasteiger partial charge in [-0.15, -0.1) is 0 Å². The molecule has 0 atom stereocenters. The van der Waals surface area contributed by atoms with Crippen molar-refractivity contribution >= 4 is 21.6 Å². The second-order valence-electron chi connectivity index (χ2n) is 7.98. The van der Waals surface area contributed by atoms with Crippen LogP contribution in [0.4, 0.5) is 5.69 Å². The predicted molar refractivity (Wildman–Crippen MR) is 116 cm³/mol. The van der Waals surface area contributed by atoms with Gasteiger partial charge in [-0.2, -0.15) is 4.31 Å². The lowest BCUT2D eigenvalue weighted by molar-refractivity contribution is 0.0945. The van der Waals surface area contributed by atoms with Gasteiger partial charge in [-0.1, -0.05) is 0 Å². The van der Waals surface area contributed by atoms with E-state index in [4.69, 9.17) is 0 Å². The molecule has 8 heteroatoms. The van der Waals surface area contributed by atoms with Gasteiger partial charge < -0.3 is 10.2 Å². The highest BCUT2D eigenvalue weighted by molar-refractivity contribution is 7.89. The Morgan fingerprint density at radius 2 is 1.60 bits per heavy atom. The molecule has 30 heavy (non-hydrogen) atoms. The van der Waals surface area contributed by atoms with E-state index >= 15 is 0 Å². The number of aromatic nitrogens is 1. The number of nitrogens with zero attached hydrogens (tertiary/aromatic N) is 3. The minimum Gasteiger partial charge on any atom is -0.372 e. The summed E-state index contributed by atoms with van der Waals surface area (Å²) in [6, 6.07) is 10.7. The molecular weight excluding hydrogens is 400 g/mol. The fourth-order valence-electron chi connectivity index (χ4n) is 4.14. The average molecular weight is 429 g/mol. The molecule has 2 aromatic rings. The largest absolute Gasteiger partial charge is 0.372 e. The van der Waals surface area contributed by atoms with E-state index in [2.05, 4.69) is 15.2 Å². The van der Waals surface area contributed by atoms with Gasteiger partial charge in [0.1, 0.15) is 0 Å². The Bertz CT molecular complexity index is 950. The summed E-state index contributed by atoms with van der Waals surface area (Å²) in [5.41, 5.74) is 1.68. The third kappa shape index (κ3) is 4.65. The minimum absolute atomic E-state index is 0.0605. The van der Waals surface area contributed by atoms with E-state index in [1.54, 1.807) is 41.0 Å². The topological polar surface area (TPSA) is 82.6 Å². The number of carbonyl (C=O) groups excluding carboxylic acids is 1. The minimum atomic E-state index is -3.36. The number of benzene rings is 1. The number of sulfonamides is 1. The summed E-state index contributed by atoms with van der Waals surface area (Å²) < 4.78 is 26.9. The fourth-order valence-corrected chi connectivity index (χ4v) is 5.66. The van der Waals surface area contributed by atoms with Crippen LogP contribution in [0.5, 0.6) is 0 Å². The summed E-state index contributed by atoms with van der Waals surface area (Å²) in [7, 11) is -3.36. The van der Waals surface area contributed by atoms with E-state index in [1.165, 1.54) is 0 Å². The average Bonchev–Trinajstić information content (AvgIpc) is 3.34. The maximum atomic E-state index is 12.7. The zero-order chi connectivity index (χ0) is 21.0. The number of rotatable bonds is 6. The van der Waals surface area contributed by atoms with E-state index in [0.717, 1.165) is 44.5 Å². The lowest BCUT2D eigenvalue weighted by atomic mass is 9.96. The van der Waals surface area contributed by atoms with Gasteiger partial charge in [0.25, 0.3) is 5.91 Å². The highest BCUT2D eigenvalue weighted by Gasteiger charge is 2.27. The molecule has 2 saturated heterocycles. The van der Waals surface area contributed by atoms with E-state index < -0.39 is 10.0 Å². The number of nitrogens with one attached hydrogen (secondary N) is 1. The molecule has 2 fully saturated rings. The van der Waals surface area contributed by atoms with Crippen LogP contribution in [-0.2, 0) is 10.0 Å². The van der Waals surface area contributed by atoms with Crippen LogP contribution in [0.25, 0.3) is 0 Å². The van der Waals surface area contributed by atoms with Crippen molar-refractivity contribution in [2.24, 2.45) is 5.92 Å². The molecule has 1 aromatic carbocycles. The van der Waals surface area contributed by atoms with Crippen molar-refractivity contribution in [3.63, 3.8) is 0 Å². The summed E-state index contributed by atoms with van der Waals surface area (Å²) in [6.07, 6.45) is 7.10. The zero-order valence-corrected chi connectivity index (χ0v) is 17.9. The van der Waals surface area contributed by atoms with E-state index in [1.807, 2.05) is 12.1 Å². The van der Waals surface area contributed by atoms with Crippen molar-refractivity contribution in [3.05, 3.63) is 54.4 Å². The molecule has 1 N–H and O–H groups in total. The summed E-state index contributed by atoms with van der Waals surface area (Å²) >= 11 is 0. The molecule has 0 radical (unpaired) electrons. The first-order chi connectivity index (χ1) is 14.5. The van der Waals surface area contributed by atoms with Crippen molar-refractivity contribution in [2.75, 3.05) is 37.6 Å². The summed E-state index contributed by atoms with van der Waals surface area (Å²) in [6.45, 7) is 3.70. The fraction of sp³-hybridized carbons (Fsp3) is 0.455. The van der Waals surface area contributed by atoms with Gasteiger partial charge in [-0.25, -0.2) is 8.42 Å². The molecular formula is C22H28N4O3S. The van der Waals surface area contributed by atoms with Crippen molar-refractivity contribution in [3.8, 4) is 0 Å². The lowest BCUT2D eigenvalue weighted by Crippen LogP contribution is -2.38. The monoisotopic (exact) mass is 428 g/mol. The zero-order valence-electron chi connectivity index (χ0n) is 17.0. The Morgan fingerprint density at radius 3 is 2.23 bits per heavy atom. The normalized spacial score (nSPS) is 18.5. The van der Waals surface area contributed by atoms with Crippen LogP contribution in [0, 0.1) is 5.92 Å². The molecule has 0 saturated carbocycles. The highest BCUT2D eigenvalue weighted by Crippen LogP contribution is 2.26. The summed E-state index contributed by atoms with van der Waals surface area (Å²) in [4.78, 5) is 18.8. The van der Waals surface area contributed by atoms with Crippen molar-refractivity contribution in [2.45, 2.75) is 30.6 Å². The molecule has 2 aliphatic heterocycles. The predicted octanol–water partition coefficient (Wildman–Crippen LogP) is 2.51. The van der Waals surface area contributed by atoms with Crippen LogP contribution < -0.4 is 10.2 Å². The number of pyridine rings is 1. The van der Waals surface area contributed by atoms with Gasteiger partial charge in [-0.05, 0) is 68.0 Å². The van der Waals surface area contributed by atoms with Crippen LogP contribution >= 0.6 is 0 Å². The van der Waals surface area contributed by atoms with Gasteiger partial charge in [0.15, 0.2) is 0 Å². The third-order valence-corrected chi connectivity index (χ3v) is 7.93. The first kappa shape index (κ1) is 20.8.